The molecule has 0 N–H and O–H groups in total. The Labute approximate surface area is 198 Å². The first-order chi connectivity index (χ1) is 17.2. The highest BCUT2D eigenvalue weighted by Gasteiger charge is 2.18. The highest BCUT2D eigenvalue weighted by Crippen LogP contribution is 2.35. The number of pyridine rings is 4. The molecular weight excluding hydrogens is 434 g/mol. The molecule has 0 aliphatic carbocycles. The Bertz CT molecular complexity index is 1930. The minimum Gasteiger partial charge on any atom is -0.268 e. The van der Waals surface area contributed by atoms with E-state index in [1.807, 2.05) is 72.9 Å². The molecule has 5 heteroatoms. The molecule has 0 spiro atoms. The third-order valence-corrected chi connectivity index (χ3v) is 6.66. The number of hydrogen-bond acceptors (Lipinski definition) is 4. The van der Waals surface area contributed by atoms with Crippen LogP contribution in [0.3, 0.4) is 0 Å². The minimum atomic E-state index is -0.289. The summed E-state index contributed by atoms with van der Waals surface area (Å²) >= 11 is 0. The van der Waals surface area contributed by atoms with Gasteiger partial charge in [-0.1, -0.05) is 48.5 Å². The number of hydrogen-bond donors (Lipinski definition) is 0. The predicted octanol–water partition coefficient (Wildman–Crippen LogP) is 5.68. The summed E-state index contributed by atoms with van der Waals surface area (Å²) in [4.78, 5) is 35.9. The van der Waals surface area contributed by atoms with Crippen molar-refractivity contribution in [1.82, 2.24) is 14.4 Å². The lowest BCUT2D eigenvalue weighted by molar-refractivity contribution is 1.09. The smallest absolute Gasteiger partial charge is 0.266 e. The summed E-state index contributed by atoms with van der Waals surface area (Å²) in [6.07, 6.45) is 3.60. The van der Waals surface area contributed by atoms with Crippen molar-refractivity contribution in [2.75, 3.05) is 0 Å². The van der Waals surface area contributed by atoms with E-state index in [9.17, 15) is 9.59 Å². The van der Waals surface area contributed by atoms with Crippen LogP contribution in [0, 0.1) is 0 Å². The Hall–Kier alpha value is -4.90. The van der Waals surface area contributed by atoms with Crippen LogP contribution in [0.1, 0.15) is 0 Å². The van der Waals surface area contributed by atoms with Gasteiger partial charge in [0, 0.05) is 39.5 Å². The van der Waals surface area contributed by atoms with Gasteiger partial charge in [0.2, 0.25) is 0 Å². The second-order valence-corrected chi connectivity index (χ2v) is 8.60. The molecule has 7 aromatic rings. The fourth-order valence-corrected chi connectivity index (χ4v) is 5.03. The van der Waals surface area contributed by atoms with Crippen LogP contribution in [0.2, 0.25) is 0 Å². The van der Waals surface area contributed by atoms with E-state index in [-0.39, 0.29) is 11.1 Å². The molecule has 7 rings (SSSR count). The summed E-state index contributed by atoms with van der Waals surface area (Å²) in [5.41, 5.74) is 3.60. The van der Waals surface area contributed by atoms with E-state index < -0.39 is 0 Å². The molecule has 0 bridgehead atoms. The lowest BCUT2D eigenvalue weighted by atomic mass is 9.95. The molecule has 0 fully saturated rings. The summed E-state index contributed by atoms with van der Waals surface area (Å²) in [6.45, 7) is 0. The molecule has 0 saturated carbocycles. The van der Waals surface area contributed by atoms with Crippen LogP contribution in [-0.2, 0) is 0 Å². The van der Waals surface area contributed by atoms with Crippen molar-refractivity contribution >= 4 is 37.8 Å². The van der Waals surface area contributed by atoms with Gasteiger partial charge >= 0.3 is 0 Å². The summed E-state index contributed by atoms with van der Waals surface area (Å²) in [5.74, 6) is 0. The van der Waals surface area contributed by atoms with Crippen molar-refractivity contribution in [2.45, 2.75) is 0 Å². The molecule has 0 aliphatic heterocycles. The summed E-state index contributed by atoms with van der Waals surface area (Å²) < 4.78 is 1.33. The second-order valence-electron chi connectivity index (χ2n) is 8.60. The standard InChI is InChI=1S/C30H17N3O2/c34-29-22-9-3-1-7-20(22)24-15-19(18-12-13-27(32-17-18)26-11-5-6-14-31-26)16-25-21-8-2-4-10-23(21)30(35)33(29)28(24)25/h1-17H. The van der Waals surface area contributed by atoms with Gasteiger partial charge in [-0.05, 0) is 58.8 Å². The Balaban J connectivity index is 1.60. The van der Waals surface area contributed by atoms with Crippen molar-refractivity contribution < 1.29 is 0 Å². The Kier molecular flexibility index (Phi) is 4.08. The maximum absolute atomic E-state index is 13.4. The maximum Gasteiger partial charge on any atom is 0.266 e. The van der Waals surface area contributed by atoms with Gasteiger partial charge < -0.3 is 0 Å². The highest BCUT2D eigenvalue weighted by molar-refractivity contribution is 6.19. The average Bonchev–Trinajstić information content (AvgIpc) is 2.93. The molecule has 4 aromatic heterocycles. The molecule has 35 heavy (non-hydrogen) atoms. The molecule has 0 saturated heterocycles. The van der Waals surface area contributed by atoms with Crippen LogP contribution >= 0.6 is 0 Å². The lowest BCUT2D eigenvalue weighted by Crippen LogP contribution is -2.27. The largest absolute Gasteiger partial charge is 0.268 e. The molecule has 4 heterocycles. The number of nitrogens with zero attached hydrogens (tertiary/aromatic N) is 3. The fourth-order valence-electron chi connectivity index (χ4n) is 5.03. The molecule has 0 atom stereocenters. The normalized spacial score (nSPS) is 11.7. The zero-order valence-electron chi connectivity index (χ0n) is 18.5. The first-order valence-corrected chi connectivity index (χ1v) is 11.3. The van der Waals surface area contributed by atoms with E-state index in [0.29, 0.717) is 16.3 Å². The first kappa shape index (κ1) is 19.6. The fraction of sp³-hybridized carbons (Fsp3) is 0. The van der Waals surface area contributed by atoms with Gasteiger partial charge in [0.1, 0.15) is 0 Å². The maximum atomic E-state index is 13.4. The summed E-state index contributed by atoms with van der Waals surface area (Å²) in [7, 11) is 0. The van der Waals surface area contributed by atoms with Crippen LogP contribution in [0.15, 0.2) is 113 Å². The third-order valence-electron chi connectivity index (χ3n) is 6.66. The Morgan fingerprint density at radius 3 is 1.63 bits per heavy atom. The van der Waals surface area contributed by atoms with Gasteiger partial charge in [-0.25, -0.2) is 4.40 Å². The van der Waals surface area contributed by atoms with E-state index in [4.69, 9.17) is 0 Å². The minimum absolute atomic E-state index is 0.289. The second kappa shape index (κ2) is 7.30. The zero-order chi connectivity index (χ0) is 23.5. The molecule has 0 amide bonds. The molecule has 3 aromatic carbocycles. The summed E-state index contributed by atoms with van der Waals surface area (Å²) in [5, 5.41) is 4.45. The van der Waals surface area contributed by atoms with Crippen molar-refractivity contribution in [2.24, 2.45) is 0 Å². The Morgan fingerprint density at radius 1 is 0.514 bits per heavy atom. The van der Waals surface area contributed by atoms with E-state index in [2.05, 4.69) is 22.1 Å². The van der Waals surface area contributed by atoms with E-state index in [1.54, 1.807) is 18.3 Å². The number of aromatic nitrogens is 3. The highest BCUT2D eigenvalue weighted by atomic mass is 16.2. The molecular formula is C30H17N3O2. The van der Waals surface area contributed by atoms with E-state index in [1.165, 1.54) is 4.40 Å². The van der Waals surface area contributed by atoms with Gasteiger partial charge in [-0.2, -0.15) is 0 Å². The van der Waals surface area contributed by atoms with Gasteiger partial charge in [-0.3, -0.25) is 19.6 Å². The SMILES string of the molecule is O=c1c2ccccc2c2cc(-c3ccc(-c4ccccn4)nc3)cc3c4ccccc4c(=O)n1c23. The monoisotopic (exact) mass is 451 g/mol. The van der Waals surface area contributed by atoms with Crippen molar-refractivity contribution in [3.8, 4) is 22.5 Å². The quantitative estimate of drug-likeness (QED) is 0.251. The number of fused-ring (bicyclic) bond motifs is 4. The molecule has 164 valence electrons. The average molecular weight is 451 g/mol. The lowest BCUT2D eigenvalue weighted by Gasteiger charge is -2.14. The third kappa shape index (κ3) is 2.82. The van der Waals surface area contributed by atoms with Crippen LogP contribution < -0.4 is 11.1 Å². The van der Waals surface area contributed by atoms with Crippen LogP contribution in [0.4, 0.5) is 0 Å². The topological polar surface area (TPSA) is 64.3 Å². The first-order valence-electron chi connectivity index (χ1n) is 11.3. The molecule has 5 nitrogen and oxygen atoms in total. The van der Waals surface area contributed by atoms with E-state index >= 15 is 0 Å². The van der Waals surface area contributed by atoms with Crippen molar-refractivity contribution in [1.29, 1.82) is 0 Å². The number of rotatable bonds is 2. The molecule has 0 aliphatic rings. The Morgan fingerprint density at radius 2 is 1.09 bits per heavy atom. The van der Waals surface area contributed by atoms with Crippen LogP contribution in [-0.4, -0.2) is 14.4 Å². The number of benzene rings is 3. The van der Waals surface area contributed by atoms with Gasteiger partial charge in [-0.15, -0.1) is 0 Å². The van der Waals surface area contributed by atoms with E-state index in [0.717, 1.165) is 44.1 Å². The molecule has 0 unspecified atom stereocenters. The van der Waals surface area contributed by atoms with Gasteiger partial charge in [0.25, 0.3) is 11.1 Å². The zero-order valence-corrected chi connectivity index (χ0v) is 18.5. The van der Waals surface area contributed by atoms with Crippen molar-refractivity contribution in [3.63, 3.8) is 0 Å². The van der Waals surface area contributed by atoms with Crippen molar-refractivity contribution in [3.05, 3.63) is 124 Å². The molecule has 0 radical (unpaired) electrons. The van der Waals surface area contributed by atoms with Crippen LogP contribution in [0.25, 0.3) is 60.3 Å². The predicted molar refractivity (Wildman–Crippen MR) is 140 cm³/mol. The van der Waals surface area contributed by atoms with Gasteiger partial charge in [0.15, 0.2) is 0 Å². The van der Waals surface area contributed by atoms with Crippen LogP contribution in [0.5, 0.6) is 0 Å². The summed E-state index contributed by atoms with van der Waals surface area (Å²) in [6, 6.07) is 28.8. The van der Waals surface area contributed by atoms with Gasteiger partial charge in [0.05, 0.1) is 16.9 Å².